The Morgan fingerprint density at radius 3 is 2.76 bits per heavy atom. The SMILES string of the molecule is CC(=O)Nc1cc2c(-c3cc(S(=O)(=O)CCC(C)(C)O)c4c(n3)C3(CCOC3)OCC4)cn(C)c2cn1. The van der Waals surface area contributed by atoms with E-state index in [0.717, 1.165) is 10.9 Å². The normalized spacial score (nSPS) is 19.9. The number of hydrogen-bond acceptors (Lipinski definition) is 8. The molecule has 10 nitrogen and oxygen atoms in total. The molecule has 0 radical (unpaired) electrons. The summed E-state index contributed by atoms with van der Waals surface area (Å²) >= 11 is 0. The molecule has 1 spiro atoms. The fraction of sp³-hybridized carbons (Fsp3) is 0.500. The van der Waals surface area contributed by atoms with Crippen LogP contribution in [0.2, 0.25) is 0 Å². The largest absolute Gasteiger partial charge is 0.390 e. The van der Waals surface area contributed by atoms with Gasteiger partial charge in [-0.15, -0.1) is 0 Å². The summed E-state index contributed by atoms with van der Waals surface area (Å²) < 4.78 is 41.2. The zero-order chi connectivity index (χ0) is 26.6. The Kier molecular flexibility index (Phi) is 6.38. The molecule has 3 aromatic heterocycles. The third-order valence-electron chi connectivity index (χ3n) is 7.00. The number of rotatable bonds is 6. The number of aromatic nitrogens is 3. The first-order chi connectivity index (χ1) is 17.4. The number of sulfone groups is 1. The Morgan fingerprint density at radius 1 is 1.30 bits per heavy atom. The van der Waals surface area contributed by atoms with Crippen molar-refractivity contribution < 1.29 is 27.8 Å². The van der Waals surface area contributed by atoms with Crippen molar-refractivity contribution in [3.8, 4) is 11.3 Å². The standard InChI is InChI=1S/C26H32N4O6S/c1-16(31)28-23-11-18-19(14-30(4)21(18)13-27-23)20-12-22(37(33,34)10-7-25(2,3)32)17-5-8-36-26(24(17)29-20)6-9-35-15-26/h11-14,32H,5-10,15H2,1-4H3,(H,27,28,31). The van der Waals surface area contributed by atoms with Gasteiger partial charge in [-0.2, -0.15) is 0 Å². The third-order valence-corrected chi connectivity index (χ3v) is 8.78. The second-order valence-corrected chi connectivity index (χ2v) is 12.6. The van der Waals surface area contributed by atoms with E-state index in [-0.39, 0.29) is 23.0 Å². The summed E-state index contributed by atoms with van der Waals surface area (Å²) in [5, 5.41) is 13.7. The molecule has 1 amide bonds. The molecule has 2 aliphatic heterocycles. The molecule has 2 N–H and O–H groups in total. The number of pyridine rings is 2. The molecule has 1 unspecified atom stereocenters. The van der Waals surface area contributed by atoms with Crippen molar-refractivity contribution in [2.45, 2.75) is 56.1 Å². The summed E-state index contributed by atoms with van der Waals surface area (Å²) in [5.41, 5.74) is 1.37. The lowest BCUT2D eigenvalue weighted by molar-refractivity contribution is -0.114. The second-order valence-electron chi connectivity index (χ2n) is 10.5. The Hall–Kier alpha value is -2.86. The van der Waals surface area contributed by atoms with E-state index in [9.17, 15) is 18.3 Å². The molecule has 11 heteroatoms. The first-order valence-electron chi connectivity index (χ1n) is 12.3. The maximum absolute atomic E-state index is 13.7. The van der Waals surface area contributed by atoms with Gasteiger partial charge in [-0.1, -0.05) is 0 Å². The molecule has 0 bridgehead atoms. The lowest BCUT2D eigenvalue weighted by Crippen LogP contribution is -2.38. The van der Waals surface area contributed by atoms with Crippen LogP contribution in [0.1, 0.15) is 44.9 Å². The number of carbonyl (C=O) groups excluding carboxylic acids is 1. The zero-order valence-corrected chi connectivity index (χ0v) is 22.3. The predicted molar refractivity (Wildman–Crippen MR) is 138 cm³/mol. The van der Waals surface area contributed by atoms with Gasteiger partial charge in [0, 0.05) is 44.1 Å². The molecule has 2 aliphatic rings. The van der Waals surface area contributed by atoms with Crippen LogP contribution in [-0.2, 0) is 43.2 Å². The molecule has 1 atom stereocenters. The summed E-state index contributed by atoms with van der Waals surface area (Å²) in [6, 6.07) is 3.40. The lowest BCUT2D eigenvalue weighted by Gasteiger charge is -2.35. The molecule has 1 saturated heterocycles. The van der Waals surface area contributed by atoms with Gasteiger partial charge in [-0.25, -0.2) is 18.4 Å². The minimum Gasteiger partial charge on any atom is -0.390 e. The van der Waals surface area contributed by atoms with Gasteiger partial charge in [0.25, 0.3) is 0 Å². The average molecular weight is 529 g/mol. The molecule has 198 valence electrons. The van der Waals surface area contributed by atoms with Crippen molar-refractivity contribution in [1.82, 2.24) is 14.5 Å². The van der Waals surface area contributed by atoms with E-state index in [2.05, 4.69) is 10.3 Å². The number of fused-ring (bicyclic) bond motifs is 3. The fourth-order valence-corrected chi connectivity index (χ4v) is 6.92. The van der Waals surface area contributed by atoms with Crippen molar-refractivity contribution in [1.29, 1.82) is 0 Å². The van der Waals surface area contributed by atoms with Crippen LogP contribution in [0.4, 0.5) is 5.82 Å². The minimum absolute atomic E-state index is 0.104. The highest BCUT2D eigenvalue weighted by atomic mass is 32.2. The van der Waals surface area contributed by atoms with Gasteiger partial charge in [0.1, 0.15) is 11.4 Å². The Morgan fingerprint density at radius 2 is 2.08 bits per heavy atom. The molecule has 3 aromatic rings. The quantitative estimate of drug-likeness (QED) is 0.499. The molecular formula is C26H32N4O6S. The number of hydrogen-bond donors (Lipinski definition) is 2. The molecule has 5 heterocycles. The van der Waals surface area contributed by atoms with Crippen molar-refractivity contribution in [2.24, 2.45) is 7.05 Å². The predicted octanol–water partition coefficient (Wildman–Crippen LogP) is 2.72. The highest BCUT2D eigenvalue weighted by Crippen LogP contribution is 2.43. The van der Waals surface area contributed by atoms with Gasteiger partial charge in [0.05, 0.1) is 52.6 Å². The van der Waals surface area contributed by atoms with E-state index in [0.29, 0.717) is 61.0 Å². The minimum atomic E-state index is -3.75. The van der Waals surface area contributed by atoms with E-state index >= 15 is 0 Å². The van der Waals surface area contributed by atoms with Crippen molar-refractivity contribution in [2.75, 3.05) is 30.9 Å². The molecule has 0 aliphatic carbocycles. The van der Waals surface area contributed by atoms with Gasteiger partial charge >= 0.3 is 0 Å². The first-order valence-corrected chi connectivity index (χ1v) is 14.0. The van der Waals surface area contributed by atoms with Gasteiger partial charge in [0.15, 0.2) is 9.84 Å². The average Bonchev–Trinajstić information content (AvgIpc) is 3.42. The van der Waals surface area contributed by atoms with Crippen LogP contribution < -0.4 is 5.32 Å². The van der Waals surface area contributed by atoms with Crippen molar-refractivity contribution >= 4 is 32.5 Å². The van der Waals surface area contributed by atoms with Crippen LogP contribution >= 0.6 is 0 Å². The van der Waals surface area contributed by atoms with E-state index in [1.807, 2.05) is 17.8 Å². The molecule has 37 heavy (non-hydrogen) atoms. The van der Waals surface area contributed by atoms with Crippen LogP contribution in [0.5, 0.6) is 0 Å². The number of anilines is 1. The van der Waals surface area contributed by atoms with Gasteiger partial charge in [-0.3, -0.25) is 4.79 Å². The monoisotopic (exact) mass is 528 g/mol. The van der Waals surface area contributed by atoms with E-state index < -0.39 is 21.0 Å². The van der Waals surface area contributed by atoms with Crippen LogP contribution in [0.25, 0.3) is 22.2 Å². The number of aliphatic hydroxyl groups is 1. The molecular weight excluding hydrogens is 496 g/mol. The zero-order valence-electron chi connectivity index (χ0n) is 21.5. The summed E-state index contributed by atoms with van der Waals surface area (Å²) in [7, 11) is -1.88. The Balaban J connectivity index is 1.73. The van der Waals surface area contributed by atoms with E-state index in [1.54, 1.807) is 32.2 Å². The number of aryl methyl sites for hydroxylation is 1. The fourth-order valence-electron chi connectivity index (χ4n) is 5.07. The molecule has 5 rings (SSSR count). The van der Waals surface area contributed by atoms with Gasteiger partial charge < -0.3 is 24.5 Å². The maximum atomic E-state index is 13.7. The van der Waals surface area contributed by atoms with Crippen LogP contribution in [0.15, 0.2) is 29.4 Å². The maximum Gasteiger partial charge on any atom is 0.222 e. The summed E-state index contributed by atoms with van der Waals surface area (Å²) in [6.45, 7) is 5.82. The van der Waals surface area contributed by atoms with Crippen LogP contribution in [0.3, 0.4) is 0 Å². The van der Waals surface area contributed by atoms with Crippen LogP contribution in [0, 0.1) is 0 Å². The van der Waals surface area contributed by atoms with E-state index in [1.165, 1.54) is 6.92 Å². The first kappa shape index (κ1) is 25.8. The van der Waals surface area contributed by atoms with Crippen molar-refractivity contribution in [3.63, 3.8) is 0 Å². The summed E-state index contributed by atoms with van der Waals surface area (Å²) in [5.74, 6) is -0.0349. The van der Waals surface area contributed by atoms with E-state index in [4.69, 9.17) is 14.5 Å². The molecule has 1 fully saturated rings. The number of carbonyl (C=O) groups is 1. The highest BCUT2D eigenvalue weighted by molar-refractivity contribution is 7.91. The Labute approximate surface area is 215 Å². The number of amides is 1. The topological polar surface area (TPSA) is 133 Å². The number of ether oxygens (including phenoxy) is 2. The number of nitrogens with one attached hydrogen (secondary N) is 1. The molecule has 0 aromatic carbocycles. The third kappa shape index (κ3) is 4.88. The Bertz CT molecular complexity index is 1480. The lowest BCUT2D eigenvalue weighted by atomic mass is 9.89. The van der Waals surface area contributed by atoms with Crippen LogP contribution in [-0.4, -0.2) is 65.1 Å². The smallest absolute Gasteiger partial charge is 0.222 e. The second kappa shape index (κ2) is 9.16. The summed E-state index contributed by atoms with van der Waals surface area (Å²) in [6.07, 6.45) is 4.66. The van der Waals surface area contributed by atoms with Gasteiger partial charge in [0.2, 0.25) is 5.91 Å². The number of nitrogens with zero attached hydrogens (tertiary/aromatic N) is 3. The molecule has 0 saturated carbocycles. The highest BCUT2D eigenvalue weighted by Gasteiger charge is 2.45. The summed E-state index contributed by atoms with van der Waals surface area (Å²) in [4.78, 5) is 21.2. The van der Waals surface area contributed by atoms with Crippen molar-refractivity contribution in [3.05, 3.63) is 35.8 Å². The van der Waals surface area contributed by atoms with Gasteiger partial charge in [-0.05, 0) is 44.4 Å².